The van der Waals surface area contributed by atoms with Crippen LogP contribution in [-0.4, -0.2) is 82.2 Å². The Kier molecular flexibility index (Phi) is 6.50. The number of carbonyl (C=O) groups is 1. The van der Waals surface area contributed by atoms with Crippen molar-refractivity contribution in [2.24, 2.45) is 28.6 Å². The number of aliphatic hydroxyl groups is 7. The Morgan fingerprint density at radius 1 is 0.972 bits per heavy atom. The normalized spacial score (nSPS) is 48.2. The van der Waals surface area contributed by atoms with Gasteiger partial charge in [-0.2, -0.15) is 0 Å². The second-order valence-corrected chi connectivity index (χ2v) is 13.8. The summed E-state index contributed by atoms with van der Waals surface area (Å²) in [5.74, 6) is -1.67. The van der Waals surface area contributed by atoms with Crippen LogP contribution in [0.1, 0.15) is 86.5 Å². The van der Waals surface area contributed by atoms with Crippen molar-refractivity contribution in [3.05, 3.63) is 11.6 Å². The number of aliphatic hydroxyl groups excluding tert-OH is 3. The first-order valence-electron chi connectivity index (χ1n) is 13.5. The van der Waals surface area contributed by atoms with E-state index in [4.69, 9.17) is 0 Å². The van der Waals surface area contributed by atoms with Gasteiger partial charge in [-0.15, -0.1) is 0 Å². The summed E-state index contributed by atoms with van der Waals surface area (Å²) in [6.07, 6.45) is -0.284. The van der Waals surface area contributed by atoms with E-state index < -0.39 is 63.2 Å². The smallest absolute Gasteiger partial charge is 0.187 e. The van der Waals surface area contributed by atoms with Gasteiger partial charge in [0.1, 0.15) is 5.60 Å². The zero-order valence-electron chi connectivity index (χ0n) is 22.5. The third-order valence-electron chi connectivity index (χ3n) is 11.5. The van der Waals surface area contributed by atoms with E-state index in [1.165, 1.54) is 6.08 Å². The van der Waals surface area contributed by atoms with Gasteiger partial charge >= 0.3 is 0 Å². The molecule has 36 heavy (non-hydrogen) atoms. The zero-order valence-corrected chi connectivity index (χ0v) is 22.5. The van der Waals surface area contributed by atoms with E-state index in [0.717, 1.165) is 0 Å². The molecule has 0 saturated heterocycles. The molecule has 0 spiro atoms. The minimum absolute atomic E-state index is 0.0416. The summed E-state index contributed by atoms with van der Waals surface area (Å²) in [4.78, 5) is 13.4. The molecular formula is C28H46O8. The molecule has 206 valence electrons. The molecule has 0 aliphatic heterocycles. The summed E-state index contributed by atoms with van der Waals surface area (Å²) in [7, 11) is 0. The lowest BCUT2D eigenvalue weighted by Gasteiger charge is -2.62. The quantitative estimate of drug-likeness (QED) is 0.291. The van der Waals surface area contributed by atoms with E-state index in [1.807, 2.05) is 13.8 Å². The summed E-state index contributed by atoms with van der Waals surface area (Å²) in [5.41, 5.74) is -7.16. The Hall–Kier alpha value is -0.870. The molecule has 8 heteroatoms. The van der Waals surface area contributed by atoms with Crippen molar-refractivity contribution in [1.82, 2.24) is 0 Å². The number of carbonyl (C=O) groups excluding carboxylic acids is 1. The molecule has 11 atom stereocenters. The Morgan fingerprint density at radius 2 is 1.56 bits per heavy atom. The van der Waals surface area contributed by atoms with Crippen molar-refractivity contribution in [2.45, 2.75) is 127 Å². The molecule has 0 bridgehead atoms. The number of hydrogen-bond donors (Lipinski definition) is 7. The maximum absolute atomic E-state index is 13.4. The van der Waals surface area contributed by atoms with Gasteiger partial charge in [-0.1, -0.05) is 20.8 Å². The highest BCUT2D eigenvalue weighted by molar-refractivity contribution is 6.00. The van der Waals surface area contributed by atoms with Crippen LogP contribution < -0.4 is 0 Å². The first-order valence-corrected chi connectivity index (χ1v) is 13.5. The minimum atomic E-state index is -1.82. The van der Waals surface area contributed by atoms with Crippen molar-refractivity contribution >= 4 is 5.78 Å². The van der Waals surface area contributed by atoms with Gasteiger partial charge in [0.25, 0.3) is 0 Å². The Balaban J connectivity index is 1.70. The summed E-state index contributed by atoms with van der Waals surface area (Å²) in [5, 5.41) is 77.6. The van der Waals surface area contributed by atoms with Crippen LogP contribution in [0.4, 0.5) is 0 Å². The Labute approximate surface area is 214 Å². The van der Waals surface area contributed by atoms with Gasteiger partial charge < -0.3 is 35.7 Å². The lowest BCUT2D eigenvalue weighted by Crippen LogP contribution is -2.69. The van der Waals surface area contributed by atoms with Crippen LogP contribution in [-0.2, 0) is 4.79 Å². The largest absolute Gasteiger partial charge is 0.390 e. The fourth-order valence-electron chi connectivity index (χ4n) is 8.39. The van der Waals surface area contributed by atoms with Gasteiger partial charge in [-0.05, 0) is 88.7 Å². The van der Waals surface area contributed by atoms with E-state index in [1.54, 1.807) is 27.7 Å². The lowest BCUT2D eigenvalue weighted by molar-refractivity contribution is -0.212. The van der Waals surface area contributed by atoms with Gasteiger partial charge in [-0.25, -0.2) is 0 Å². The van der Waals surface area contributed by atoms with Crippen molar-refractivity contribution < 1.29 is 40.5 Å². The molecule has 4 aliphatic carbocycles. The molecule has 0 unspecified atom stereocenters. The second-order valence-electron chi connectivity index (χ2n) is 13.8. The highest BCUT2D eigenvalue weighted by Crippen LogP contribution is 2.69. The fraction of sp³-hybridized carbons (Fsp3) is 0.893. The maximum Gasteiger partial charge on any atom is 0.187 e. The third-order valence-corrected chi connectivity index (χ3v) is 11.5. The zero-order chi connectivity index (χ0) is 27.3. The molecule has 3 fully saturated rings. The molecule has 8 nitrogen and oxygen atoms in total. The number of hydrogen-bond acceptors (Lipinski definition) is 8. The molecule has 4 aliphatic rings. The van der Waals surface area contributed by atoms with Crippen molar-refractivity contribution in [2.75, 3.05) is 0 Å². The van der Waals surface area contributed by atoms with E-state index in [9.17, 15) is 40.5 Å². The summed E-state index contributed by atoms with van der Waals surface area (Å²) < 4.78 is 0. The monoisotopic (exact) mass is 510 g/mol. The predicted molar refractivity (Wildman–Crippen MR) is 133 cm³/mol. The summed E-state index contributed by atoms with van der Waals surface area (Å²) in [6.45, 7) is 10.5. The van der Waals surface area contributed by atoms with E-state index >= 15 is 0 Å². The molecule has 0 aromatic rings. The number of fused-ring (bicyclic) bond motifs is 5. The Morgan fingerprint density at radius 3 is 2.14 bits per heavy atom. The molecule has 0 aromatic heterocycles. The van der Waals surface area contributed by atoms with E-state index in [0.29, 0.717) is 31.3 Å². The fourth-order valence-corrected chi connectivity index (χ4v) is 8.39. The molecule has 0 heterocycles. The van der Waals surface area contributed by atoms with Crippen molar-refractivity contribution in [1.29, 1.82) is 0 Å². The van der Waals surface area contributed by atoms with Crippen LogP contribution >= 0.6 is 0 Å². The van der Waals surface area contributed by atoms with Gasteiger partial charge in [0.2, 0.25) is 0 Å². The van der Waals surface area contributed by atoms with Crippen LogP contribution in [0.2, 0.25) is 0 Å². The van der Waals surface area contributed by atoms with E-state index in [2.05, 4.69) is 0 Å². The van der Waals surface area contributed by atoms with Crippen LogP contribution in [0.15, 0.2) is 11.6 Å². The first-order chi connectivity index (χ1) is 16.3. The molecule has 0 amide bonds. The molecule has 0 radical (unpaired) electrons. The number of rotatable bonds is 5. The standard InChI is InChI=1S/C28H46O8/c1-15(23(2,3)33)11-21(31)26(6,34)20-8-10-27(35)17-12-22(32)28(36)14-19(30)18(29)13-25(28,5)16(17)7-9-24(20,27)4/h12,15-16,18-21,29-31,33-36H,7-11,13-14H2,1-6H3/t15-,16+,18-,19+,20-,21+,24+,25+,26+,27+,28+/m0/s1. The third kappa shape index (κ3) is 3.63. The summed E-state index contributed by atoms with van der Waals surface area (Å²) in [6, 6.07) is 0. The number of ketones is 1. The van der Waals surface area contributed by atoms with Gasteiger partial charge in [-0.3, -0.25) is 4.79 Å². The molecule has 4 rings (SSSR count). The average molecular weight is 511 g/mol. The van der Waals surface area contributed by atoms with Crippen LogP contribution in [0.25, 0.3) is 0 Å². The van der Waals surface area contributed by atoms with Crippen LogP contribution in [0.5, 0.6) is 0 Å². The predicted octanol–water partition coefficient (Wildman–Crippen LogP) is 1.21. The molecule has 3 saturated carbocycles. The van der Waals surface area contributed by atoms with Crippen LogP contribution in [0, 0.1) is 28.6 Å². The topological polar surface area (TPSA) is 159 Å². The van der Waals surface area contributed by atoms with Gasteiger partial charge in [0.05, 0.1) is 35.1 Å². The highest BCUT2D eigenvalue weighted by atomic mass is 16.3. The summed E-state index contributed by atoms with van der Waals surface area (Å²) >= 11 is 0. The van der Waals surface area contributed by atoms with E-state index in [-0.39, 0.29) is 31.1 Å². The molecule has 7 N–H and O–H groups in total. The average Bonchev–Trinajstić information content (AvgIpc) is 3.03. The molecule has 0 aromatic carbocycles. The SMILES string of the molecule is C[C@@H](C[C@@H](O)[C@](C)(O)[C@H]1CC[C@@]2(O)C3=CC(=O)[C@]4(O)C[C@@H](O)[C@@H](O)C[C@]4(C)[C@@H]3CC[C@]12C)C(C)(C)O. The van der Waals surface area contributed by atoms with Crippen LogP contribution in [0.3, 0.4) is 0 Å². The second kappa shape index (κ2) is 8.31. The van der Waals surface area contributed by atoms with Gasteiger partial charge in [0, 0.05) is 17.3 Å². The minimum Gasteiger partial charge on any atom is -0.390 e. The molecular weight excluding hydrogens is 464 g/mol. The van der Waals surface area contributed by atoms with Crippen molar-refractivity contribution in [3.63, 3.8) is 0 Å². The van der Waals surface area contributed by atoms with Gasteiger partial charge in [0.15, 0.2) is 5.78 Å². The lowest BCUT2D eigenvalue weighted by atomic mass is 9.44. The van der Waals surface area contributed by atoms with Crippen molar-refractivity contribution in [3.8, 4) is 0 Å². The highest BCUT2D eigenvalue weighted by Gasteiger charge is 2.71. The maximum atomic E-state index is 13.4. The first kappa shape index (κ1) is 28.1. The Bertz CT molecular complexity index is 938.